The van der Waals surface area contributed by atoms with Gasteiger partial charge in [0, 0.05) is 5.56 Å². The Hall–Kier alpha value is -3.22. The van der Waals surface area contributed by atoms with Crippen LogP contribution in [0, 0.1) is 0 Å². The van der Waals surface area contributed by atoms with Crippen molar-refractivity contribution in [1.82, 2.24) is 20.4 Å². The summed E-state index contributed by atoms with van der Waals surface area (Å²) in [6, 6.07) is 14.9. The third kappa shape index (κ3) is 3.40. The van der Waals surface area contributed by atoms with Gasteiger partial charge >= 0.3 is 0 Å². The van der Waals surface area contributed by atoms with Gasteiger partial charge in [-0.25, -0.2) is 5.43 Å². The Bertz CT molecular complexity index is 868. The number of carbonyl (C=O) groups excluding carboxylic acids is 1. The van der Waals surface area contributed by atoms with Crippen LogP contribution in [0.3, 0.4) is 0 Å². The van der Waals surface area contributed by atoms with E-state index >= 15 is 0 Å². The number of rotatable bonds is 5. The third-order valence-electron chi connectivity index (χ3n) is 3.46. The molecule has 7 nitrogen and oxygen atoms in total. The summed E-state index contributed by atoms with van der Waals surface area (Å²) in [5.74, 6) is 0.401. The Balaban J connectivity index is 1.68. The van der Waals surface area contributed by atoms with Crippen LogP contribution in [0.25, 0.3) is 11.0 Å². The molecular weight excluding hydrogens is 306 g/mol. The second-order valence-corrected chi connectivity index (χ2v) is 5.15. The van der Waals surface area contributed by atoms with Crippen molar-refractivity contribution in [2.45, 2.75) is 13.5 Å². The van der Waals surface area contributed by atoms with Crippen molar-refractivity contribution in [3.05, 3.63) is 54.1 Å². The van der Waals surface area contributed by atoms with E-state index < -0.39 is 0 Å². The van der Waals surface area contributed by atoms with E-state index in [0.29, 0.717) is 11.5 Å². The summed E-state index contributed by atoms with van der Waals surface area (Å²) in [6.45, 7) is 1.80. The van der Waals surface area contributed by atoms with E-state index in [1.165, 1.54) is 4.80 Å². The molecule has 0 fully saturated rings. The molecule has 0 aliphatic rings. The lowest BCUT2D eigenvalue weighted by Crippen LogP contribution is -2.25. The SMILES string of the molecule is COc1ccccc1/C(C)=N/NC(=O)Cn1nc2ccccc2n1. The van der Waals surface area contributed by atoms with Gasteiger partial charge in [-0.05, 0) is 31.2 Å². The highest BCUT2D eigenvalue weighted by Gasteiger charge is 2.08. The van der Waals surface area contributed by atoms with Crippen LogP contribution in [0.15, 0.2) is 53.6 Å². The highest BCUT2D eigenvalue weighted by Crippen LogP contribution is 2.17. The summed E-state index contributed by atoms with van der Waals surface area (Å²) < 4.78 is 5.28. The number of amides is 1. The van der Waals surface area contributed by atoms with Crippen LogP contribution in [0.4, 0.5) is 0 Å². The van der Waals surface area contributed by atoms with Gasteiger partial charge in [0.15, 0.2) is 0 Å². The summed E-state index contributed by atoms with van der Waals surface area (Å²) in [4.78, 5) is 13.4. The van der Waals surface area contributed by atoms with Crippen molar-refractivity contribution >= 4 is 22.7 Å². The number of para-hydroxylation sites is 1. The molecule has 0 aliphatic heterocycles. The molecule has 1 amide bonds. The number of hydrazone groups is 1. The number of ether oxygens (including phenoxy) is 1. The molecule has 1 N–H and O–H groups in total. The molecule has 2 aromatic carbocycles. The maximum atomic E-state index is 12.0. The minimum atomic E-state index is -0.301. The predicted molar refractivity (Wildman–Crippen MR) is 90.9 cm³/mol. The molecule has 0 unspecified atom stereocenters. The number of fused-ring (bicyclic) bond motifs is 1. The zero-order chi connectivity index (χ0) is 16.9. The number of methoxy groups -OCH3 is 1. The standard InChI is InChI=1S/C17H17N5O2/c1-12(13-7-3-6-10-16(13)24-2)18-19-17(23)11-22-20-14-8-4-5-9-15(14)21-22/h3-10H,11H2,1-2H3,(H,19,23)/b18-12+. The largest absolute Gasteiger partial charge is 0.496 e. The number of aromatic nitrogens is 3. The third-order valence-corrected chi connectivity index (χ3v) is 3.46. The Kier molecular flexibility index (Phi) is 4.51. The van der Waals surface area contributed by atoms with Crippen LogP contribution >= 0.6 is 0 Å². The van der Waals surface area contributed by atoms with E-state index in [4.69, 9.17) is 4.74 Å². The lowest BCUT2D eigenvalue weighted by molar-refractivity contribution is -0.122. The van der Waals surface area contributed by atoms with Crippen LogP contribution in [-0.4, -0.2) is 33.7 Å². The Morgan fingerprint density at radius 2 is 1.75 bits per heavy atom. The van der Waals surface area contributed by atoms with Gasteiger partial charge in [-0.2, -0.15) is 20.1 Å². The number of nitrogens with zero attached hydrogens (tertiary/aromatic N) is 4. The monoisotopic (exact) mass is 323 g/mol. The van der Waals surface area contributed by atoms with E-state index in [2.05, 4.69) is 20.7 Å². The summed E-state index contributed by atoms with van der Waals surface area (Å²) in [6.07, 6.45) is 0. The highest BCUT2D eigenvalue weighted by atomic mass is 16.5. The van der Waals surface area contributed by atoms with Crippen LogP contribution in [0.1, 0.15) is 12.5 Å². The molecule has 3 aromatic rings. The van der Waals surface area contributed by atoms with Gasteiger partial charge in [-0.15, -0.1) is 0 Å². The van der Waals surface area contributed by atoms with Gasteiger partial charge in [-0.3, -0.25) is 4.79 Å². The molecule has 0 radical (unpaired) electrons. The van der Waals surface area contributed by atoms with Gasteiger partial charge in [0.1, 0.15) is 23.3 Å². The molecule has 122 valence electrons. The number of nitrogens with one attached hydrogen (secondary N) is 1. The zero-order valence-corrected chi connectivity index (χ0v) is 13.4. The first-order valence-corrected chi connectivity index (χ1v) is 7.44. The van der Waals surface area contributed by atoms with Crippen molar-refractivity contribution in [3.63, 3.8) is 0 Å². The Morgan fingerprint density at radius 1 is 1.12 bits per heavy atom. The van der Waals surface area contributed by atoms with Crippen LogP contribution in [-0.2, 0) is 11.3 Å². The molecule has 0 bridgehead atoms. The van der Waals surface area contributed by atoms with E-state index in [9.17, 15) is 4.79 Å². The molecule has 0 atom stereocenters. The second-order valence-electron chi connectivity index (χ2n) is 5.15. The maximum absolute atomic E-state index is 12.0. The Labute approximate surface area is 138 Å². The van der Waals surface area contributed by atoms with E-state index in [0.717, 1.165) is 16.6 Å². The second kappa shape index (κ2) is 6.91. The lowest BCUT2D eigenvalue weighted by Gasteiger charge is -2.07. The van der Waals surface area contributed by atoms with Crippen molar-refractivity contribution in [1.29, 1.82) is 0 Å². The van der Waals surface area contributed by atoms with Gasteiger partial charge in [0.2, 0.25) is 0 Å². The van der Waals surface area contributed by atoms with E-state index in [-0.39, 0.29) is 12.5 Å². The lowest BCUT2D eigenvalue weighted by atomic mass is 10.1. The number of carbonyl (C=O) groups is 1. The molecule has 1 aromatic heterocycles. The van der Waals surface area contributed by atoms with Gasteiger partial charge in [0.25, 0.3) is 5.91 Å². The average molecular weight is 323 g/mol. The predicted octanol–water partition coefficient (Wildman–Crippen LogP) is 1.98. The van der Waals surface area contributed by atoms with E-state index in [1.807, 2.05) is 48.5 Å². The van der Waals surface area contributed by atoms with Crippen molar-refractivity contribution in [2.75, 3.05) is 7.11 Å². The molecule has 0 spiro atoms. The molecule has 24 heavy (non-hydrogen) atoms. The molecule has 0 aliphatic carbocycles. The summed E-state index contributed by atoms with van der Waals surface area (Å²) in [7, 11) is 1.60. The van der Waals surface area contributed by atoms with E-state index in [1.54, 1.807) is 14.0 Å². The molecule has 0 saturated heterocycles. The smallest absolute Gasteiger partial charge is 0.263 e. The van der Waals surface area contributed by atoms with Crippen molar-refractivity contribution in [3.8, 4) is 5.75 Å². The number of hydrogen-bond donors (Lipinski definition) is 1. The first kappa shape index (κ1) is 15.7. The molecule has 1 heterocycles. The quantitative estimate of drug-likeness (QED) is 0.575. The maximum Gasteiger partial charge on any atom is 0.263 e. The first-order chi connectivity index (χ1) is 11.7. The topological polar surface area (TPSA) is 81.4 Å². The molecule has 3 rings (SSSR count). The average Bonchev–Trinajstić information content (AvgIpc) is 3.01. The van der Waals surface area contributed by atoms with Gasteiger partial charge in [-0.1, -0.05) is 24.3 Å². The molecule has 7 heteroatoms. The fourth-order valence-corrected chi connectivity index (χ4v) is 2.29. The number of hydrogen-bond acceptors (Lipinski definition) is 5. The fraction of sp³-hybridized carbons (Fsp3) is 0.176. The van der Waals surface area contributed by atoms with Crippen LogP contribution in [0.2, 0.25) is 0 Å². The van der Waals surface area contributed by atoms with Crippen LogP contribution < -0.4 is 10.2 Å². The summed E-state index contributed by atoms with van der Waals surface area (Å²) in [5.41, 5.74) is 5.49. The van der Waals surface area contributed by atoms with Crippen LogP contribution in [0.5, 0.6) is 5.75 Å². The minimum absolute atomic E-state index is 0.00259. The number of benzene rings is 2. The fourth-order valence-electron chi connectivity index (χ4n) is 2.29. The summed E-state index contributed by atoms with van der Waals surface area (Å²) in [5, 5.41) is 12.6. The first-order valence-electron chi connectivity index (χ1n) is 7.44. The van der Waals surface area contributed by atoms with Gasteiger partial charge in [0.05, 0.1) is 12.8 Å². The van der Waals surface area contributed by atoms with Gasteiger partial charge < -0.3 is 4.74 Å². The highest BCUT2D eigenvalue weighted by molar-refractivity contribution is 6.01. The van der Waals surface area contributed by atoms with Crippen molar-refractivity contribution in [2.24, 2.45) is 5.10 Å². The summed E-state index contributed by atoms with van der Waals surface area (Å²) >= 11 is 0. The molecule has 0 saturated carbocycles. The van der Waals surface area contributed by atoms with Crippen molar-refractivity contribution < 1.29 is 9.53 Å². The zero-order valence-electron chi connectivity index (χ0n) is 13.4. The normalized spacial score (nSPS) is 11.5. The molecular formula is C17H17N5O2. The minimum Gasteiger partial charge on any atom is -0.496 e. The Morgan fingerprint density at radius 3 is 2.42 bits per heavy atom.